The number of hydrogen-bond acceptors (Lipinski definition) is 1. The summed E-state index contributed by atoms with van der Waals surface area (Å²) in [6, 6.07) is 81.8. The van der Waals surface area contributed by atoms with Crippen molar-refractivity contribution in [2.24, 2.45) is 0 Å². The summed E-state index contributed by atoms with van der Waals surface area (Å²) in [6.07, 6.45) is 34.7. The van der Waals surface area contributed by atoms with Crippen LogP contribution in [0.1, 0.15) is 215 Å². The average Bonchev–Trinajstić information content (AvgIpc) is 1.57. The highest BCUT2D eigenvalue weighted by Gasteiger charge is 2.43. The lowest BCUT2D eigenvalue weighted by atomic mass is 9.70. The van der Waals surface area contributed by atoms with E-state index in [1.165, 1.54) is 265 Å². The first-order chi connectivity index (χ1) is 47.2. The fourth-order valence-electron chi connectivity index (χ4n) is 16.4. The molecule has 0 atom stereocenters. The van der Waals surface area contributed by atoms with Crippen LogP contribution in [-0.4, -0.2) is 9.13 Å². The number of aromatic nitrogens is 2. The number of fused-ring (bicyclic) bond motifs is 9. The van der Waals surface area contributed by atoms with Gasteiger partial charge in [-0.25, -0.2) is 0 Å². The van der Waals surface area contributed by atoms with E-state index in [1.807, 2.05) is 0 Å². The normalized spacial score (nSPS) is 12.6. The topological polar surface area (TPSA) is 13.1 Å². The van der Waals surface area contributed by atoms with Crippen LogP contribution in [0.25, 0.3) is 88.4 Å². The lowest BCUT2D eigenvalue weighted by molar-refractivity contribution is 0.396. The van der Waals surface area contributed by atoms with Crippen LogP contribution in [0.15, 0.2) is 212 Å². The summed E-state index contributed by atoms with van der Waals surface area (Å²) < 4.78 is 4.96. The molecule has 0 amide bonds. The van der Waals surface area contributed by atoms with Crippen LogP contribution in [0.3, 0.4) is 0 Å². The number of unbranched alkanes of at least 4 members (excludes halogenated alkanes) is 20. The van der Waals surface area contributed by atoms with Gasteiger partial charge < -0.3 is 14.0 Å². The third-order valence-corrected chi connectivity index (χ3v) is 22.0. The van der Waals surface area contributed by atoms with Gasteiger partial charge in [-0.2, -0.15) is 0 Å². The van der Waals surface area contributed by atoms with Crippen LogP contribution >= 0.6 is 0 Å². The van der Waals surface area contributed by atoms with Gasteiger partial charge in [0.2, 0.25) is 0 Å². The van der Waals surface area contributed by atoms with Crippen LogP contribution in [0.2, 0.25) is 0 Å². The van der Waals surface area contributed by atoms with Gasteiger partial charge in [0.15, 0.2) is 0 Å². The molecule has 1 aliphatic rings. The van der Waals surface area contributed by atoms with Gasteiger partial charge >= 0.3 is 0 Å². The summed E-state index contributed by atoms with van der Waals surface area (Å²) in [5, 5.41) is 5.05. The minimum Gasteiger partial charge on any atom is -0.311 e. The molecule has 3 heteroatoms. The molecular formula is C93H105N3. The van der Waals surface area contributed by atoms with Crippen molar-refractivity contribution in [2.45, 2.75) is 214 Å². The molecule has 0 fully saturated rings. The molecule has 0 saturated carbocycles. The Kier molecular flexibility index (Phi) is 21.5. The average molecular weight is 1260 g/mol. The van der Waals surface area contributed by atoms with E-state index in [4.69, 9.17) is 0 Å². The minimum absolute atomic E-state index is 0.0251. The van der Waals surface area contributed by atoms with Gasteiger partial charge in [0.1, 0.15) is 0 Å². The minimum atomic E-state index is 0.0251. The third kappa shape index (κ3) is 14.2. The molecule has 0 radical (unpaired) electrons. The molecule has 10 aromatic carbocycles. The zero-order chi connectivity index (χ0) is 65.8. The van der Waals surface area contributed by atoms with Gasteiger partial charge in [-0.1, -0.05) is 295 Å². The van der Waals surface area contributed by atoms with E-state index < -0.39 is 0 Å². The van der Waals surface area contributed by atoms with Gasteiger partial charge in [0.25, 0.3) is 0 Å². The second-order valence-corrected chi connectivity index (χ2v) is 28.7. The van der Waals surface area contributed by atoms with Crippen molar-refractivity contribution in [3.63, 3.8) is 0 Å². The number of hydrogen-bond donors (Lipinski definition) is 0. The Hall–Kier alpha value is -8.40. The summed E-state index contributed by atoms with van der Waals surface area (Å²) >= 11 is 0. The van der Waals surface area contributed by atoms with Crippen molar-refractivity contribution in [1.29, 1.82) is 0 Å². The Morgan fingerprint density at radius 2 is 0.708 bits per heavy atom. The molecule has 492 valence electrons. The predicted octanol–water partition coefficient (Wildman–Crippen LogP) is 28.2. The molecule has 0 bridgehead atoms. The summed E-state index contributed by atoms with van der Waals surface area (Å²) in [5.74, 6) is 0. The molecule has 3 nitrogen and oxygen atoms in total. The first kappa shape index (κ1) is 66.2. The molecule has 2 aromatic heterocycles. The zero-order valence-corrected chi connectivity index (χ0v) is 58.9. The SMILES string of the molecule is CCCCCCCCCCCCC1(CCCCCCCCCCCC)c2cc(-c3ccc(N(c4ccc(C)cc4)c4ccc(-c5ccc6c7ccccc7n(-c7ccc8c9ccccc9n(-c9ccc(CCCCC)cc9)c8c7)c6c5)cc4)cc3)ccc2-c2cc(C)c(C)cc21. The maximum atomic E-state index is 2.64. The smallest absolute Gasteiger partial charge is 0.0561 e. The molecular weight excluding hydrogens is 1160 g/mol. The summed E-state index contributed by atoms with van der Waals surface area (Å²) in [4.78, 5) is 2.43. The maximum absolute atomic E-state index is 2.64. The Morgan fingerprint density at radius 3 is 1.26 bits per heavy atom. The van der Waals surface area contributed by atoms with Crippen LogP contribution in [0, 0.1) is 20.8 Å². The predicted molar refractivity (Wildman–Crippen MR) is 417 cm³/mol. The van der Waals surface area contributed by atoms with E-state index in [0.29, 0.717) is 0 Å². The quantitative estimate of drug-likeness (QED) is 0.0374. The maximum Gasteiger partial charge on any atom is 0.0561 e. The van der Waals surface area contributed by atoms with Crippen LogP contribution in [0.4, 0.5) is 17.1 Å². The molecule has 2 heterocycles. The van der Waals surface area contributed by atoms with Gasteiger partial charge in [-0.15, -0.1) is 0 Å². The Balaban J connectivity index is 0.797. The molecule has 96 heavy (non-hydrogen) atoms. The number of aryl methyl sites for hydroxylation is 4. The molecule has 0 spiro atoms. The van der Waals surface area contributed by atoms with Gasteiger partial charge in [-0.3, -0.25) is 0 Å². The zero-order valence-electron chi connectivity index (χ0n) is 58.9. The van der Waals surface area contributed by atoms with Crippen molar-refractivity contribution in [1.82, 2.24) is 9.13 Å². The van der Waals surface area contributed by atoms with E-state index in [9.17, 15) is 0 Å². The third-order valence-electron chi connectivity index (χ3n) is 22.0. The second-order valence-electron chi connectivity index (χ2n) is 28.7. The van der Waals surface area contributed by atoms with Gasteiger partial charge in [0, 0.05) is 55.4 Å². The highest BCUT2D eigenvalue weighted by Crippen LogP contribution is 2.56. The number of para-hydroxylation sites is 2. The van der Waals surface area contributed by atoms with E-state index >= 15 is 0 Å². The molecule has 1 aliphatic carbocycles. The van der Waals surface area contributed by atoms with E-state index in [1.54, 1.807) is 11.1 Å². The van der Waals surface area contributed by atoms with E-state index in [2.05, 4.69) is 268 Å². The van der Waals surface area contributed by atoms with Crippen molar-refractivity contribution in [3.8, 4) is 44.8 Å². The van der Waals surface area contributed by atoms with Crippen molar-refractivity contribution < 1.29 is 0 Å². The monoisotopic (exact) mass is 1260 g/mol. The molecule has 0 unspecified atom stereocenters. The fraction of sp³-hybridized carbons (Fsp3) is 0.355. The molecule has 13 rings (SSSR count). The largest absolute Gasteiger partial charge is 0.311 e. The number of nitrogens with zero attached hydrogens (tertiary/aromatic N) is 3. The Morgan fingerprint density at radius 1 is 0.302 bits per heavy atom. The molecule has 12 aromatic rings. The fourth-order valence-corrected chi connectivity index (χ4v) is 16.4. The Bertz CT molecular complexity index is 4510. The van der Waals surface area contributed by atoms with Crippen molar-refractivity contribution >= 4 is 60.7 Å². The lowest BCUT2D eigenvalue weighted by Gasteiger charge is -2.33. The van der Waals surface area contributed by atoms with Crippen LogP contribution < -0.4 is 4.90 Å². The number of benzene rings is 10. The Labute approximate surface area is 575 Å². The molecule has 0 saturated heterocycles. The van der Waals surface area contributed by atoms with E-state index in [-0.39, 0.29) is 5.41 Å². The van der Waals surface area contributed by atoms with Gasteiger partial charge in [-0.05, 0) is 193 Å². The van der Waals surface area contributed by atoms with Crippen LogP contribution in [-0.2, 0) is 11.8 Å². The first-order valence-corrected chi connectivity index (χ1v) is 37.8. The highest BCUT2D eigenvalue weighted by atomic mass is 15.1. The van der Waals surface area contributed by atoms with Crippen LogP contribution in [0.5, 0.6) is 0 Å². The lowest BCUT2D eigenvalue weighted by Crippen LogP contribution is -2.26. The van der Waals surface area contributed by atoms with Crippen molar-refractivity contribution in [2.75, 3.05) is 4.90 Å². The standard InChI is InChI=1S/C93H105N3/c1-7-10-13-15-17-19-21-23-25-32-61-93(62-33-26-24-22-20-18-16-14-11-8-2)87-64-70(6)69(5)63-86(87)81-58-47-74(65-88(81)93)72-43-53-77(54-44-72)94(76-49-39-68(4)40-50-76)78-55-45-73(46-56-78)75-48-59-84-82-35-29-31-38-90(82)96(91(84)66-75)80-57-60-85-83-36-28-30-37-89(83)95(92(85)67-80)79-51-41-71(42-52-79)34-27-12-9-3/h28-31,35-60,63-67H,7-27,32-34,61-62H2,1-6H3. The summed E-state index contributed by atoms with van der Waals surface area (Å²) in [7, 11) is 0. The van der Waals surface area contributed by atoms with Gasteiger partial charge in [0.05, 0.1) is 22.1 Å². The summed E-state index contributed by atoms with van der Waals surface area (Å²) in [5.41, 5.74) is 27.2. The number of anilines is 3. The molecule has 0 N–H and O–H groups in total. The number of rotatable bonds is 33. The first-order valence-electron chi connectivity index (χ1n) is 37.8. The second kappa shape index (κ2) is 31.2. The van der Waals surface area contributed by atoms with Crippen molar-refractivity contribution in [3.05, 3.63) is 246 Å². The highest BCUT2D eigenvalue weighted by molar-refractivity contribution is 6.12. The summed E-state index contributed by atoms with van der Waals surface area (Å²) in [6.45, 7) is 13.8. The van der Waals surface area contributed by atoms with E-state index in [0.717, 1.165) is 29.2 Å². The molecule has 0 aliphatic heterocycles.